The van der Waals surface area contributed by atoms with Gasteiger partial charge in [-0.15, -0.1) is 61.5 Å². The molecule has 1 radical (unpaired) electrons. The number of quaternary nitrogens is 6. The number of hydrogen-bond acceptors (Lipinski definition) is 24. The van der Waals surface area contributed by atoms with Gasteiger partial charge in [-0.3, -0.25) is 0 Å². The van der Waals surface area contributed by atoms with Crippen LogP contribution in [0.15, 0.2) is 0 Å². The first-order valence-electron chi connectivity index (χ1n) is 3.70. The molecule has 37 heavy (non-hydrogen) atoms. The smallest absolute Gasteiger partial charge is 0 e. The third-order valence-corrected chi connectivity index (χ3v) is 0. The van der Waals surface area contributed by atoms with Crippen LogP contribution in [-0.2, 0) is 16.8 Å². The SMILES string of the molecule is [Co].[NH4+].[NH4+].[NH4+].[NH4+].[NH4+].[NH4+].[O-][Cl+3]([O-])([O-])[O-].[O-][Cl+3]([O-])([O-])[O-].[O-][Cl+3]([O-])([O-])[O-].[O-][Cl+3]([O-])([O-])[O-].[O-][Cl+3]([O-])([O-])[O-].[O-][Cl+3]([O-])([O-])[O-]. The van der Waals surface area contributed by atoms with E-state index in [1.54, 1.807) is 0 Å². The third-order valence-electron chi connectivity index (χ3n) is 0. The van der Waals surface area contributed by atoms with Gasteiger partial charge in [-0.05, 0) is 0 Å². The summed E-state index contributed by atoms with van der Waals surface area (Å²) in [5, 5.41) is 0. The Morgan fingerprint density at radius 2 is 0.162 bits per heavy atom. The summed E-state index contributed by atoms with van der Waals surface area (Å²) in [7, 11) is -29.7. The molecule has 0 aliphatic carbocycles. The molecule has 0 aromatic carbocycles. The molecular weight excluding hydrogens is 740 g/mol. The molecule has 0 aromatic rings. The van der Waals surface area contributed by atoms with E-state index in [1.165, 1.54) is 0 Å². The van der Waals surface area contributed by atoms with Crippen LogP contribution in [0.3, 0.4) is 0 Å². The maximum atomic E-state index is 8.49. The van der Waals surface area contributed by atoms with E-state index in [0.717, 1.165) is 0 Å². The van der Waals surface area contributed by atoms with Crippen molar-refractivity contribution < 1.29 is 190 Å². The predicted molar refractivity (Wildman–Crippen MR) is 35.9 cm³/mol. The van der Waals surface area contributed by atoms with Gasteiger partial charge in [0.15, 0.2) is 0 Å². The topological polar surface area (TPSA) is 772 Å². The fourth-order valence-electron chi connectivity index (χ4n) is 0. The zero-order valence-corrected chi connectivity index (χ0v) is 24.0. The third kappa shape index (κ3) is 41500. The Morgan fingerprint density at radius 1 is 0.162 bits per heavy atom. The average molecular weight is 764 g/mol. The molecule has 0 spiro atoms. The van der Waals surface area contributed by atoms with Gasteiger partial charge in [0.05, 0.1) is 0 Å². The van der Waals surface area contributed by atoms with Crippen LogP contribution in [0.2, 0.25) is 0 Å². The molecule has 249 valence electrons. The second-order valence-electron chi connectivity index (χ2n) is 2.27. The van der Waals surface area contributed by atoms with Crippen LogP contribution in [0.1, 0.15) is 0 Å². The van der Waals surface area contributed by atoms with E-state index in [2.05, 4.69) is 0 Å². The van der Waals surface area contributed by atoms with Crippen molar-refractivity contribution in [1.82, 2.24) is 36.9 Å². The zero-order chi connectivity index (χ0) is 27.0. The standard InChI is InChI=1S/6ClHO4.Co.6H3N/c6*2-1(3,4)5;;;;;;;/h6*(H,2,3,4,5);;6*1H3. The van der Waals surface area contributed by atoms with Gasteiger partial charge in [0, 0.05) is 16.8 Å². The normalized spacial score (nSPS) is 9.73. The molecule has 0 atom stereocenters. The van der Waals surface area contributed by atoms with Gasteiger partial charge in [-0.25, -0.2) is 112 Å². The Bertz CT molecular complexity index is 238. The van der Waals surface area contributed by atoms with Crippen LogP contribution >= 0.6 is 0 Å². The maximum Gasteiger partial charge on any atom is 0 e. The second kappa shape index (κ2) is 35.1. The van der Waals surface area contributed by atoms with Crippen molar-refractivity contribution in [2.45, 2.75) is 0 Å². The molecule has 0 fully saturated rings. The molecule has 37 heteroatoms. The Kier molecular flexibility index (Phi) is 78.9. The molecule has 0 aliphatic rings. The summed E-state index contributed by atoms with van der Waals surface area (Å²) in [6.07, 6.45) is 0. The van der Waals surface area contributed by atoms with Crippen LogP contribution in [0.5, 0.6) is 0 Å². The van der Waals surface area contributed by atoms with Crippen molar-refractivity contribution in [2.24, 2.45) is 0 Å². The summed E-state index contributed by atoms with van der Waals surface area (Å²) >= 11 is 0. The molecule has 0 aliphatic heterocycles. The average Bonchev–Trinajstić information content (AvgIpc) is 1.94. The minimum atomic E-state index is -4.94. The zero-order valence-electron chi connectivity index (χ0n) is 18.4. The van der Waals surface area contributed by atoms with E-state index in [1.807, 2.05) is 0 Å². The molecule has 0 rings (SSSR count). The monoisotopic (exact) mass is 761 g/mol. The molecule has 0 amide bonds. The van der Waals surface area contributed by atoms with Crippen LogP contribution in [0, 0.1) is 61.5 Å². The molecule has 0 saturated heterocycles. The van der Waals surface area contributed by atoms with E-state index >= 15 is 0 Å². The Morgan fingerprint density at radius 3 is 0.162 bits per heavy atom. The Hall–Kier alpha value is 1.05. The number of hydrogen-bond donors (Lipinski definition) is 6. The minimum Gasteiger partial charge on any atom is -0.369 e. The summed E-state index contributed by atoms with van der Waals surface area (Å²) in [6.45, 7) is 0. The molecule has 24 N–H and O–H groups in total. The van der Waals surface area contributed by atoms with Gasteiger partial charge in [0.2, 0.25) is 0 Å². The van der Waals surface area contributed by atoms with Crippen LogP contribution in [0.4, 0.5) is 0 Å². The second-order valence-corrected chi connectivity index (χ2v) is 6.80. The maximum absolute atomic E-state index is 8.49. The van der Waals surface area contributed by atoms with Gasteiger partial charge in [0.1, 0.15) is 0 Å². The molecule has 30 nitrogen and oxygen atoms in total. The van der Waals surface area contributed by atoms with Gasteiger partial charge >= 0.3 is 0 Å². The van der Waals surface area contributed by atoms with Crippen molar-refractivity contribution in [3.63, 3.8) is 0 Å². The van der Waals surface area contributed by atoms with Crippen LogP contribution < -0.4 is 149 Å². The molecular formula is H24Cl6CoN6O24. The van der Waals surface area contributed by atoms with Crippen molar-refractivity contribution in [1.29, 1.82) is 0 Å². The van der Waals surface area contributed by atoms with Crippen molar-refractivity contribution in [3.05, 3.63) is 0 Å². The van der Waals surface area contributed by atoms with Crippen LogP contribution in [-0.4, -0.2) is 0 Å². The predicted octanol–water partition coefficient (Wildman–Crippen LogP) is -26.3. The number of halogens is 6. The summed E-state index contributed by atoms with van der Waals surface area (Å²) in [5.41, 5.74) is 0. The van der Waals surface area contributed by atoms with E-state index in [4.69, 9.17) is 112 Å². The summed E-state index contributed by atoms with van der Waals surface area (Å²) in [5.74, 6) is 0. The van der Waals surface area contributed by atoms with Gasteiger partial charge < -0.3 is 36.9 Å². The molecule has 0 unspecified atom stereocenters. The molecule has 0 heterocycles. The molecule has 0 bridgehead atoms. The van der Waals surface area contributed by atoms with Crippen molar-refractivity contribution in [3.8, 4) is 0 Å². The molecule has 0 saturated carbocycles. The Balaban J connectivity index is -0.0000000164. The summed E-state index contributed by atoms with van der Waals surface area (Å²) in [4.78, 5) is 0. The first-order chi connectivity index (χ1) is 12.0. The van der Waals surface area contributed by atoms with Gasteiger partial charge in [-0.2, -0.15) is 0 Å². The fourth-order valence-corrected chi connectivity index (χ4v) is 0. The number of rotatable bonds is 0. The quantitative estimate of drug-likeness (QED) is 0.133. The van der Waals surface area contributed by atoms with Crippen LogP contribution in [0.25, 0.3) is 0 Å². The van der Waals surface area contributed by atoms with E-state index in [0.29, 0.717) is 0 Å². The minimum absolute atomic E-state index is 0. The summed E-state index contributed by atoms with van der Waals surface area (Å²) < 4.78 is 204. The van der Waals surface area contributed by atoms with E-state index in [-0.39, 0.29) is 53.7 Å². The first kappa shape index (κ1) is 83.2. The van der Waals surface area contributed by atoms with E-state index < -0.39 is 61.5 Å². The van der Waals surface area contributed by atoms with Gasteiger partial charge in [-0.1, -0.05) is 0 Å². The summed E-state index contributed by atoms with van der Waals surface area (Å²) in [6, 6.07) is 0. The Labute approximate surface area is 226 Å². The van der Waals surface area contributed by atoms with Gasteiger partial charge in [0.25, 0.3) is 0 Å². The van der Waals surface area contributed by atoms with E-state index in [9.17, 15) is 0 Å². The van der Waals surface area contributed by atoms with Crippen molar-refractivity contribution in [2.75, 3.05) is 0 Å². The van der Waals surface area contributed by atoms with Crippen molar-refractivity contribution >= 4 is 0 Å². The largest absolute Gasteiger partial charge is 0.369 e. The fraction of sp³-hybridized carbons (Fsp3) is 0. The first-order valence-corrected chi connectivity index (χ1v) is 11.1. The molecule has 0 aromatic heterocycles.